The van der Waals surface area contributed by atoms with Crippen LogP contribution in [0.25, 0.3) is 22.0 Å². The van der Waals surface area contributed by atoms with Gasteiger partial charge in [0.05, 0.1) is 16.6 Å². The quantitative estimate of drug-likeness (QED) is 0.366. The van der Waals surface area contributed by atoms with E-state index in [1.807, 2.05) is 6.07 Å². The number of aromatic nitrogens is 3. The van der Waals surface area contributed by atoms with Crippen LogP contribution in [0.2, 0.25) is 0 Å². The van der Waals surface area contributed by atoms with Crippen molar-refractivity contribution in [2.75, 3.05) is 7.05 Å². The number of rotatable bonds is 4. The zero-order valence-electron chi connectivity index (χ0n) is 17.5. The van der Waals surface area contributed by atoms with Gasteiger partial charge in [0.15, 0.2) is 0 Å². The maximum Gasteiger partial charge on any atom is 0.416 e. The normalized spacial score (nSPS) is 14.9. The Balaban J connectivity index is 1.30. The van der Waals surface area contributed by atoms with E-state index in [0.29, 0.717) is 39.7 Å². The van der Waals surface area contributed by atoms with Crippen LogP contribution in [-0.4, -0.2) is 27.9 Å². The number of aromatic amines is 1. The van der Waals surface area contributed by atoms with E-state index in [1.54, 1.807) is 18.2 Å². The molecule has 1 unspecified atom stereocenters. The first kappa shape index (κ1) is 20.3. The van der Waals surface area contributed by atoms with Crippen molar-refractivity contribution in [3.63, 3.8) is 0 Å². The Labute approximate surface area is 189 Å². The van der Waals surface area contributed by atoms with Crippen molar-refractivity contribution in [3.05, 3.63) is 83.1 Å². The molecule has 0 bridgehead atoms. The number of pyridine rings is 1. The number of carbonyl (C=O) groups excluding carboxylic acids is 1. The summed E-state index contributed by atoms with van der Waals surface area (Å²) in [5.74, 6) is 1.66. The van der Waals surface area contributed by atoms with Crippen molar-refractivity contribution in [1.82, 2.24) is 20.3 Å². The van der Waals surface area contributed by atoms with Gasteiger partial charge in [0.2, 0.25) is 0 Å². The Bertz CT molecular complexity index is 1600. The molecule has 0 spiro atoms. The third-order valence-corrected chi connectivity index (χ3v) is 5.72. The fourth-order valence-electron chi connectivity index (χ4n) is 4.06. The number of furan rings is 1. The number of fused-ring (bicyclic) bond motifs is 4. The lowest BCUT2D eigenvalue weighted by atomic mass is 10.2. The van der Waals surface area contributed by atoms with Gasteiger partial charge in [-0.3, -0.25) is 9.78 Å². The molecule has 1 atom stereocenters. The second-order valence-electron chi connectivity index (χ2n) is 7.88. The van der Waals surface area contributed by atoms with Gasteiger partial charge in [0, 0.05) is 30.3 Å². The van der Waals surface area contributed by atoms with E-state index in [0.717, 1.165) is 23.1 Å². The SMILES string of the molecule is CNC(=O)c1cc(Oc2ccc3oc4c(c3c2)C4c2nc3ccc(C(F)(F)F)cc3[nH]2)ccn1. The highest BCUT2D eigenvalue weighted by molar-refractivity contribution is 5.92. The van der Waals surface area contributed by atoms with E-state index in [4.69, 9.17) is 9.15 Å². The van der Waals surface area contributed by atoms with Gasteiger partial charge >= 0.3 is 6.18 Å². The van der Waals surface area contributed by atoms with E-state index < -0.39 is 11.7 Å². The summed E-state index contributed by atoms with van der Waals surface area (Å²) in [6, 6.07) is 12.0. The summed E-state index contributed by atoms with van der Waals surface area (Å²) in [7, 11) is 1.52. The number of halogens is 3. The monoisotopic (exact) mass is 464 g/mol. The lowest BCUT2D eigenvalue weighted by molar-refractivity contribution is -0.137. The summed E-state index contributed by atoms with van der Waals surface area (Å²) in [6.07, 6.45) is -2.94. The van der Waals surface area contributed by atoms with Gasteiger partial charge in [0.1, 0.15) is 40.3 Å². The predicted molar refractivity (Wildman–Crippen MR) is 116 cm³/mol. The van der Waals surface area contributed by atoms with Gasteiger partial charge in [-0.2, -0.15) is 13.2 Å². The standard InChI is InChI=1S/C24H15F3N4O3/c1-28-23(32)17-10-13(6-7-29-17)33-12-3-5-18-14(9-12)19-20(21(19)34-18)22-30-15-4-2-11(24(25,26)27)8-16(15)31-22/h2-10,20H,1H3,(H,28,32)(H,30,31). The zero-order chi connectivity index (χ0) is 23.6. The Morgan fingerprint density at radius 2 is 1.94 bits per heavy atom. The Morgan fingerprint density at radius 3 is 2.74 bits per heavy atom. The summed E-state index contributed by atoms with van der Waals surface area (Å²) in [4.78, 5) is 23.3. The summed E-state index contributed by atoms with van der Waals surface area (Å²) in [5, 5.41) is 3.34. The summed E-state index contributed by atoms with van der Waals surface area (Å²) >= 11 is 0. The average Bonchev–Trinajstić information content (AvgIpc) is 3.17. The minimum absolute atomic E-state index is 0.232. The largest absolute Gasteiger partial charge is 0.460 e. The number of alkyl halides is 3. The summed E-state index contributed by atoms with van der Waals surface area (Å²) < 4.78 is 50.9. The van der Waals surface area contributed by atoms with E-state index in [1.165, 1.54) is 25.4 Å². The molecule has 34 heavy (non-hydrogen) atoms. The second-order valence-corrected chi connectivity index (χ2v) is 7.88. The van der Waals surface area contributed by atoms with Crippen molar-refractivity contribution in [1.29, 1.82) is 0 Å². The molecule has 10 heteroatoms. The number of carbonyl (C=O) groups is 1. The molecule has 1 aliphatic rings. The third kappa shape index (κ3) is 3.26. The topological polar surface area (TPSA) is 93.0 Å². The molecule has 0 saturated carbocycles. The van der Waals surface area contributed by atoms with Crippen LogP contribution in [0.4, 0.5) is 13.2 Å². The maximum absolute atomic E-state index is 13.0. The first-order valence-electron chi connectivity index (χ1n) is 10.3. The van der Waals surface area contributed by atoms with Crippen LogP contribution >= 0.6 is 0 Å². The molecular weight excluding hydrogens is 449 g/mol. The average molecular weight is 464 g/mol. The van der Waals surface area contributed by atoms with Gasteiger partial charge in [-0.1, -0.05) is 0 Å². The Morgan fingerprint density at radius 1 is 1.12 bits per heavy atom. The number of nitrogens with zero attached hydrogens (tertiary/aromatic N) is 2. The molecule has 1 aliphatic carbocycles. The highest BCUT2D eigenvalue weighted by Crippen LogP contribution is 2.54. The molecule has 3 heterocycles. The molecule has 6 rings (SSSR count). The molecule has 1 amide bonds. The van der Waals surface area contributed by atoms with Crippen LogP contribution in [0, 0.1) is 0 Å². The highest BCUT2D eigenvalue weighted by atomic mass is 19.4. The predicted octanol–water partition coefficient (Wildman–Crippen LogP) is 5.37. The van der Waals surface area contributed by atoms with Crippen molar-refractivity contribution in [2.24, 2.45) is 0 Å². The Kier molecular flexibility index (Phi) is 4.22. The van der Waals surface area contributed by atoms with Crippen molar-refractivity contribution in [2.45, 2.75) is 12.1 Å². The molecule has 3 aromatic heterocycles. The van der Waals surface area contributed by atoms with Gasteiger partial charge in [0.25, 0.3) is 5.91 Å². The van der Waals surface area contributed by atoms with Crippen LogP contribution < -0.4 is 10.1 Å². The van der Waals surface area contributed by atoms with Crippen LogP contribution in [0.15, 0.2) is 59.1 Å². The molecule has 2 aromatic carbocycles. The number of amides is 1. The number of ether oxygens (including phenoxy) is 1. The minimum atomic E-state index is -4.42. The van der Waals surface area contributed by atoms with Crippen molar-refractivity contribution in [3.8, 4) is 11.5 Å². The number of nitrogens with one attached hydrogen (secondary N) is 2. The number of imidazole rings is 1. The van der Waals surface area contributed by atoms with E-state index in [-0.39, 0.29) is 17.5 Å². The number of hydrogen-bond acceptors (Lipinski definition) is 5. The minimum Gasteiger partial charge on any atom is -0.460 e. The molecule has 170 valence electrons. The molecule has 0 radical (unpaired) electrons. The maximum atomic E-state index is 13.0. The van der Waals surface area contributed by atoms with E-state index >= 15 is 0 Å². The first-order valence-corrected chi connectivity index (χ1v) is 10.3. The molecule has 0 fully saturated rings. The lowest BCUT2D eigenvalue weighted by Gasteiger charge is -2.07. The zero-order valence-corrected chi connectivity index (χ0v) is 17.5. The van der Waals surface area contributed by atoms with Gasteiger partial charge in [-0.05, 0) is 42.5 Å². The molecule has 0 saturated heterocycles. The van der Waals surface area contributed by atoms with Crippen LogP contribution in [-0.2, 0) is 6.18 Å². The van der Waals surface area contributed by atoms with Gasteiger partial charge < -0.3 is 19.5 Å². The summed E-state index contributed by atoms with van der Waals surface area (Å²) in [5.41, 5.74) is 1.86. The number of H-pyrrole nitrogens is 1. The first-order chi connectivity index (χ1) is 16.3. The lowest BCUT2D eigenvalue weighted by Crippen LogP contribution is -2.18. The summed E-state index contributed by atoms with van der Waals surface area (Å²) in [6.45, 7) is 0. The third-order valence-electron chi connectivity index (χ3n) is 5.72. The fraction of sp³-hybridized carbons (Fsp3) is 0.125. The highest BCUT2D eigenvalue weighted by Gasteiger charge is 2.44. The fourth-order valence-corrected chi connectivity index (χ4v) is 4.06. The van der Waals surface area contributed by atoms with Crippen LogP contribution in [0.5, 0.6) is 11.5 Å². The van der Waals surface area contributed by atoms with Crippen molar-refractivity contribution < 1.29 is 27.1 Å². The number of benzene rings is 2. The Hall–Kier alpha value is -4.34. The van der Waals surface area contributed by atoms with Gasteiger partial charge in [-0.25, -0.2) is 4.98 Å². The molecule has 5 aromatic rings. The smallest absolute Gasteiger partial charge is 0.416 e. The molecular formula is C24H15F3N4O3. The van der Waals surface area contributed by atoms with Crippen LogP contribution in [0.1, 0.15) is 39.1 Å². The molecule has 2 N–H and O–H groups in total. The van der Waals surface area contributed by atoms with E-state index in [2.05, 4.69) is 20.3 Å². The number of hydrogen-bond donors (Lipinski definition) is 2. The van der Waals surface area contributed by atoms with Gasteiger partial charge in [-0.15, -0.1) is 0 Å². The van der Waals surface area contributed by atoms with E-state index in [9.17, 15) is 18.0 Å². The second kappa shape index (κ2) is 7.08. The molecule has 7 nitrogen and oxygen atoms in total. The van der Waals surface area contributed by atoms with Crippen molar-refractivity contribution >= 4 is 27.9 Å². The van der Waals surface area contributed by atoms with Crippen LogP contribution in [0.3, 0.4) is 0 Å². The molecule has 0 aliphatic heterocycles.